The monoisotopic (exact) mass is 341 g/mol. The summed E-state index contributed by atoms with van der Waals surface area (Å²) in [6, 6.07) is 7.87. The minimum absolute atomic E-state index is 0.0240. The Balaban J connectivity index is 1.83. The smallest absolute Gasteiger partial charge is 0.308 e. The Hall–Kier alpha value is -2.63. The van der Waals surface area contributed by atoms with Gasteiger partial charge in [-0.3, -0.25) is 14.7 Å². The molecule has 1 amide bonds. The molecule has 2 heterocycles. The van der Waals surface area contributed by atoms with Gasteiger partial charge in [0, 0.05) is 18.2 Å². The van der Waals surface area contributed by atoms with E-state index in [1.165, 1.54) is 5.56 Å². The van der Waals surface area contributed by atoms with Crippen molar-refractivity contribution in [1.29, 1.82) is 0 Å². The minimum atomic E-state index is -0.842. The van der Waals surface area contributed by atoms with Crippen LogP contribution in [0.3, 0.4) is 0 Å². The highest BCUT2D eigenvalue weighted by Crippen LogP contribution is 2.26. The van der Waals surface area contributed by atoms with E-state index in [1.54, 1.807) is 11.0 Å². The number of aryl methyl sites for hydroxylation is 2. The molecule has 1 aromatic heterocycles. The fourth-order valence-corrected chi connectivity index (χ4v) is 3.42. The van der Waals surface area contributed by atoms with Crippen LogP contribution >= 0.6 is 0 Å². The number of carbonyl (C=O) groups excluding carboxylic acids is 1. The van der Waals surface area contributed by atoms with Crippen LogP contribution in [0.15, 0.2) is 24.3 Å². The van der Waals surface area contributed by atoms with Gasteiger partial charge in [-0.25, -0.2) is 0 Å². The van der Waals surface area contributed by atoms with E-state index in [1.807, 2.05) is 32.9 Å². The number of carboxylic acids is 1. The maximum absolute atomic E-state index is 12.8. The Bertz CT molecular complexity index is 812. The quantitative estimate of drug-likeness (QED) is 0.898. The second kappa shape index (κ2) is 6.70. The molecular weight excluding hydrogens is 318 g/mol. The number of likely N-dealkylation sites (tertiary alicyclic amines) is 1. The summed E-state index contributed by atoms with van der Waals surface area (Å²) >= 11 is 0. The lowest BCUT2D eigenvalue weighted by Crippen LogP contribution is -2.47. The number of aromatic nitrogens is 2. The van der Waals surface area contributed by atoms with Crippen molar-refractivity contribution in [2.45, 2.75) is 39.7 Å². The zero-order valence-corrected chi connectivity index (χ0v) is 14.7. The zero-order chi connectivity index (χ0) is 18.1. The highest BCUT2D eigenvalue weighted by Gasteiger charge is 2.33. The van der Waals surface area contributed by atoms with Crippen LogP contribution in [-0.2, 0) is 4.79 Å². The van der Waals surface area contributed by atoms with Crippen LogP contribution in [0.25, 0.3) is 11.3 Å². The summed E-state index contributed by atoms with van der Waals surface area (Å²) in [6.45, 7) is 6.25. The van der Waals surface area contributed by atoms with Crippen molar-refractivity contribution in [2.24, 2.45) is 5.92 Å². The average Bonchev–Trinajstić information content (AvgIpc) is 3.04. The van der Waals surface area contributed by atoms with E-state index < -0.39 is 11.9 Å². The fraction of sp³-hybridized carbons (Fsp3) is 0.421. The highest BCUT2D eigenvalue weighted by atomic mass is 16.4. The number of aromatic amines is 1. The first-order valence-electron chi connectivity index (χ1n) is 8.53. The molecule has 1 aliphatic heterocycles. The van der Waals surface area contributed by atoms with Crippen LogP contribution in [0.5, 0.6) is 0 Å². The average molecular weight is 341 g/mol. The van der Waals surface area contributed by atoms with Gasteiger partial charge in [0.25, 0.3) is 5.91 Å². The van der Waals surface area contributed by atoms with Crippen LogP contribution in [-0.4, -0.2) is 44.7 Å². The van der Waals surface area contributed by atoms with Gasteiger partial charge in [-0.2, -0.15) is 5.10 Å². The van der Waals surface area contributed by atoms with Gasteiger partial charge in [-0.05, 0) is 45.2 Å². The molecule has 2 aromatic rings. The van der Waals surface area contributed by atoms with Gasteiger partial charge in [-0.15, -0.1) is 0 Å². The van der Waals surface area contributed by atoms with Crippen molar-refractivity contribution < 1.29 is 14.7 Å². The van der Waals surface area contributed by atoms with Gasteiger partial charge in [-0.1, -0.05) is 23.8 Å². The second-order valence-corrected chi connectivity index (χ2v) is 6.90. The van der Waals surface area contributed by atoms with Crippen molar-refractivity contribution in [3.8, 4) is 11.3 Å². The number of carbonyl (C=O) groups is 2. The molecule has 25 heavy (non-hydrogen) atoms. The van der Waals surface area contributed by atoms with Crippen molar-refractivity contribution >= 4 is 11.9 Å². The molecular formula is C19H23N3O3. The maximum atomic E-state index is 12.8. The first kappa shape index (κ1) is 17.2. The third kappa shape index (κ3) is 3.43. The molecule has 0 spiro atoms. The number of amides is 1. The van der Waals surface area contributed by atoms with Crippen molar-refractivity contribution in [2.75, 3.05) is 6.54 Å². The highest BCUT2D eigenvalue weighted by molar-refractivity contribution is 5.94. The standard InChI is InChI=1S/C19H23N3O3/c1-11-4-7-15(12(2)8-11)16-9-17(21-20-16)18(23)22-10-14(19(24)25)6-5-13(22)3/h4,7-9,13-14H,5-6,10H2,1-3H3,(H,20,21)(H,24,25). The lowest BCUT2D eigenvalue weighted by molar-refractivity contribution is -0.143. The van der Waals surface area contributed by atoms with E-state index in [0.29, 0.717) is 18.5 Å². The molecule has 3 rings (SSSR count). The number of nitrogens with one attached hydrogen (secondary N) is 1. The van der Waals surface area contributed by atoms with E-state index in [4.69, 9.17) is 0 Å². The largest absolute Gasteiger partial charge is 0.481 e. The predicted octanol–water partition coefficient (Wildman–Crippen LogP) is 3.02. The van der Waals surface area contributed by atoms with Gasteiger partial charge in [0.1, 0.15) is 5.69 Å². The Morgan fingerprint density at radius 2 is 2.00 bits per heavy atom. The van der Waals surface area contributed by atoms with Crippen molar-refractivity contribution in [3.63, 3.8) is 0 Å². The Morgan fingerprint density at radius 1 is 1.24 bits per heavy atom. The van der Waals surface area contributed by atoms with Gasteiger partial charge >= 0.3 is 5.97 Å². The second-order valence-electron chi connectivity index (χ2n) is 6.90. The number of aliphatic carboxylic acids is 1. The predicted molar refractivity (Wildman–Crippen MR) is 94.4 cm³/mol. The zero-order valence-electron chi connectivity index (χ0n) is 14.7. The number of rotatable bonds is 3. The SMILES string of the molecule is Cc1ccc(-c2cc(C(=O)N3CC(C(=O)O)CCC3C)[nH]n2)c(C)c1. The van der Waals surface area contributed by atoms with E-state index >= 15 is 0 Å². The van der Waals surface area contributed by atoms with Crippen LogP contribution in [0.2, 0.25) is 0 Å². The summed E-state index contributed by atoms with van der Waals surface area (Å²) in [5.41, 5.74) is 4.38. The number of hydrogen-bond donors (Lipinski definition) is 2. The molecule has 2 atom stereocenters. The normalized spacial score (nSPS) is 20.5. The summed E-state index contributed by atoms with van der Waals surface area (Å²) in [7, 11) is 0. The van der Waals surface area contributed by atoms with E-state index in [-0.39, 0.29) is 18.5 Å². The van der Waals surface area contributed by atoms with Gasteiger partial charge < -0.3 is 10.0 Å². The number of hydrogen-bond acceptors (Lipinski definition) is 3. The van der Waals surface area contributed by atoms with Gasteiger partial charge in [0.05, 0.1) is 11.6 Å². The molecule has 2 unspecified atom stereocenters. The Kier molecular flexibility index (Phi) is 4.61. The van der Waals surface area contributed by atoms with Crippen LogP contribution in [0.4, 0.5) is 0 Å². The number of benzene rings is 1. The fourth-order valence-electron chi connectivity index (χ4n) is 3.42. The molecule has 0 aliphatic carbocycles. The molecule has 1 aliphatic rings. The van der Waals surface area contributed by atoms with Crippen LogP contribution in [0.1, 0.15) is 41.4 Å². The number of nitrogens with zero attached hydrogens (tertiary/aromatic N) is 2. The van der Waals surface area contributed by atoms with E-state index in [9.17, 15) is 14.7 Å². The first-order chi connectivity index (χ1) is 11.9. The summed E-state index contributed by atoms with van der Waals surface area (Å²) in [5, 5.41) is 16.3. The van der Waals surface area contributed by atoms with Gasteiger partial charge in [0.2, 0.25) is 0 Å². The van der Waals surface area contributed by atoms with Crippen molar-refractivity contribution in [3.05, 3.63) is 41.1 Å². The molecule has 1 fully saturated rings. The lowest BCUT2D eigenvalue weighted by atomic mass is 9.93. The molecule has 0 radical (unpaired) electrons. The third-order valence-electron chi connectivity index (χ3n) is 4.96. The number of carboxylic acid groups (broad SMARTS) is 1. The molecule has 0 bridgehead atoms. The summed E-state index contributed by atoms with van der Waals surface area (Å²) < 4.78 is 0. The molecule has 6 heteroatoms. The summed E-state index contributed by atoms with van der Waals surface area (Å²) in [4.78, 5) is 25.7. The first-order valence-corrected chi connectivity index (χ1v) is 8.53. The molecule has 1 saturated heterocycles. The van der Waals surface area contributed by atoms with E-state index in [2.05, 4.69) is 16.3 Å². The minimum Gasteiger partial charge on any atom is -0.481 e. The molecule has 1 aromatic carbocycles. The van der Waals surface area contributed by atoms with E-state index in [0.717, 1.165) is 16.8 Å². The lowest BCUT2D eigenvalue weighted by Gasteiger charge is -2.36. The Morgan fingerprint density at radius 3 is 2.68 bits per heavy atom. The van der Waals surface area contributed by atoms with Gasteiger partial charge in [0.15, 0.2) is 0 Å². The Labute approximate surface area is 146 Å². The van der Waals surface area contributed by atoms with Crippen LogP contribution in [0, 0.1) is 19.8 Å². The maximum Gasteiger partial charge on any atom is 0.308 e. The van der Waals surface area contributed by atoms with Crippen LogP contribution < -0.4 is 0 Å². The topological polar surface area (TPSA) is 86.3 Å². The summed E-state index contributed by atoms with van der Waals surface area (Å²) in [6.07, 6.45) is 1.30. The number of piperidine rings is 1. The molecule has 6 nitrogen and oxygen atoms in total. The molecule has 2 N–H and O–H groups in total. The molecule has 0 saturated carbocycles. The van der Waals surface area contributed by atoms with Crippen molar-refractivity contribution in [1.82, 2.24) is 15.1 Å². The molecule has 132 valence electrons. The third-order valence-corrected chi connectivity index (χ3v) is 4.96. The summed E-state index contributed by atoms with van der Waals surface area (Å²) in [5.74, 6) is -1.53. The number of H-pyrrole nitrogens is 1.